The molecule has 1 saturated heterocycles. The minimum atomic E-state index is -0.656. The van der Waals surface area contributed by atoms with Gasteiger partial charge in [0.05, 0.1) is 5.92 Å². The quantitative estimate of drug-likeness (QED) is 0.687. The van der Waals surface area contributed by atoms with E-state index < -0.39 is 5.97 Å². The first-order valence-electron chi connectivity index (χ1n) is 4.56. The second-order valence-corrected chi connectivity index (χ2v) is 3.84. The lowest BCUT2D eigenvalue weighted by Crippen LogP contribution is -2.43. The summed E-state index contributed by atoms with van der Waals surface area (Å²) in [5, 5.41) is 8.89. The molecule has 70 valence electrons. The average Bonchev–Trinajstić information content (AvgIpc) is 1.82. The van der Waals surface area contributed by atoms with Gasteiger partial charge in [-0.15, -0.1) is 0 Å². The summed E-state index contributed by atoms with van der Waals surface area (Å²) in [7, 11) is 0. The molecule has 1 fully saturated rings. The third-order valence-corrected chi connectivity index (χ3v) is 2.53. The van der Waals surface area contributed by atoms with Crippen molar-refractivity contribution in [2.75, 3.05) is 19.6 Å². The van der Waals surface area contributed by atoms with E-state index in [1.807, 2.05) is 13.8 Å². The third kappa shape index (κ3) is 2.21. The van der Waals surface area contributed by atoms with Crippen LogP contribution in [0.25, 0.3) is 0 Å². The Labute approximate surface area is 73.4 Å². The van der Waals surface area contributed by atoms with Crippen LogP contribution in [0.3, 0.4) is 0 Å². The number of rotatable bonds is 4. The number of carbonyl (C=O) groups is 1. The normalized spacial score (nSPS) is 20.6. The molecule has 0 radical (unpaired) electrons. The zero-order valence-corrected chi connectivity index (χ0v) is 7.79. The Hall–Kier alpha value is -0.570. The van der Waals surface area contributed by atoms with Crippen LogP contribution in [0.2, 0.25) is 0 Å². The summed E-state index contributed by atoms with van der Waals surface area (Å²) in [6, 6.07) is 0. The molecule has 0 bridgehead atoms. The molecule has 1 N–H and O–H groups in total. The lowest BCUT2D eigenvalue weighted by molar-refractivity contribution is -0.144. The maximum atomic E-state index is 10.8. The van der Waals surface area contributed by atoms with Gasteiger partial charge < -0.3 is 10.0 Å². The molecule has 1 aliphatic heterocycles. The van der Waals surface area contributed by atoms with E-state index in [0.29, 0.717) is 0 Å². The predicted molar refractivity (Wildman–Crippen MR) is 47.0 cm³/mol. The molecule has 0 aliphatic carbocycles. The number of nitrogens with zero attached hydrogens (tertiary/aromatic N) is 1. The van der Waals surface area contributed by atoms with Crippen molar-refractivity contribution in [3.05, 3.63) is 0 Å². The number of aliphatic carboxylic acids is 1. The Morgan fingerprint density at radius 2 is 2.08 bits per heavy atom. The molecule has 0 saturated carbocycles. The lowest BCUT2D eigenvalue weighted by atomic mass is 9.94. The lowest BCUT2D eigenvalue weighted by Gasteiger charge is -2.33. The summed E-state index contributed by atoms with van der Waals surface area (Å²) in [5.74, 6) is -0.606. The van der Waals surface area contributed by atoms with E-state index in [0.717, 1.165) is 19.6 Å². The standard InChI is InChI=1S/C9H17NO2/c1-7(2)8(9(11)12)6-10-4-3-5-10/h7-8H,3-6H2,1-2H3,(H,11,12)/t8-/m0/s1. The van der Waals surface area contributed by atoms with Crippen molar-refractivity contribution in [2.24, 2.45) is 11.8 Å². The van der Waals surface area contributed by atoms with Crippen molar-refractivity contribution in [1.82, 2.24) is 4.90 Å². The van der Waals surface area contributed by atoms with Gasteiger partial charge in [0.25, 0.3) is 0 Å². The van der Waals surface area contributed by atoms with E-state index in [9.17, 15) is 4.79 Å². The van der Waals surface area contributed by atoms with Crippen molar-refractivity contribution < 1.29 is 9.90 Å². The van der Waals surface area contributed by atoms with E-state index in [1.54, 1.807) is 0 Å². The minimum absolute atomic E-state index is 0.190. The van der Waals surface area contributed by atoms with Crippen LogP contribution in [0.15, 0.2) is 0 Å². The summed E-state index contributed by atoms with van der Waals surface area (Å²) < 4.78 is 0. The molecule has 12 heavy (non-hydrogen) atoms. The van der Waals surface area contributed by atoms with Gasteiger partial charge in [0, 0.05) is 6.54 Å². The number of carboxylic acid groups (broad SMARTS) is 1. The van der Waals surface area contributed by atoms with Gasteiger partial charge in [-0.25, -0.2) is 0 Å². The van der Waals surface area contributed by atoms with E-state index in [-0.39, 0.29) is 11.8 Å². The van der Waals surface area contributed by atoms with Crippen LogP contribution in [-0.2, 0) is 4.79 Å². The van der Waals surface area contributed by atoms with Gasteiger partial charge in [-0.05, 0) is 25.4 Å². The van der Waals surface area contributed by atoms with Crippen LogP contribution >= 0.6 is 0 Å². The fraction of sp³-hybridized carbons (Fsp3) is 0.889. The molecule has 1 rings (SSSR count). The Balaban J connectivity index is 2.36. The summed E-state index contributed by atoms with van der Waals surface area (Å²) in [4.78, 5) is 13.0. The van der Waals surface area contributed by atoms with Crippen molar-refractivity contribution in [3.8, 4) is 0 Å². The molecule has 0 spiro atoms. The summed E-state index contributed by atoms with van der Waals surface area (Å²) in [6.45, 7) is 6.83. The maximum absolute atomic E-state index is 10.8. The van der Waals surface area contributed by atoms with Gasteiger partial charge in [-0.2, -0.15) is 0 Å². The molecule has 3 heteroatoms. The minimum Gasteiger partial charge on any atom is -0.481 e. The van der Waals surface area contributed by atoms with Crippen LogP contribution < -0.4 is 0 Å². The van der Waals surface area contributed by atoms with Crippen molar-refractivity contribution in [3.63, 3.8) is 0 Å². The second-order valence-electron chi connectivity index (χ2n) is 3.84. The fourth-order valence-corrected chi connectivity index (χ4v) is 1.42. The monoisotopic (exact) mass is 171 g/mol. The zero-order valence-electron chi connectivity index (χ0n) is 7.79. The highest BCUT2D eigenvalue weighted by Crippen LogP contribution is 2.16. The van der Waals surface area contributed by atoms with Gasteiger partial charge in [0.1, 0.15) is 0 Å². The number of hydrogen-bond acceptors (Lipinski definition) is 2. The smallest absolute Gasteiger partial charge is 0.308 e. The average molecular weight is 171 g/mol. The fourth-order valence-electron chi connectivity index (χ4n) is 1.42. The van der Waals surface area contributed by atoms with Crippen LogP contribution in [0, 0.1) is 11.8 Å². The van der Waals surface area contributed by atoms with Gasteiger partial charge in [0.15, 0.2) is 0 Å². The van der Waals surface area contributed by atoms with Gasteiger partial charge >= 0.3 is 5.97 Å². The molecule has 1 atom stereocenters. The first-order valence-corrected chi connectivity index (χ1v) is 4.56. The van der Waals surface area contributed by atoms with E-state index in [4.69, 9.17) is 5.11 Å². The molecular weight excluding hydrogens is 154 g/mol. The van der Waals surface area contributed by atoms with Gasteiger partial charge in [-0.3, -0.25) is 4.79 Å². The molecule has 0 unspecified atom stereocenters. The summed E-state index contributed by atoms with van der Waals surface area (Å²) in [5.41, 5.74) is 0. The van der Waals surface area contributed by atoms with E-state index >= 15 is 0 Å². The molecular formula is C9H17NO2. The Kier molecular flexibility index (Phi) is 3.09. The molecule has 1 heterocycles. The van der Waals surface area contributed by atoms with Crippen LogP contribution in [0.1, 0.15) is 20.3 Å². The second kappa shape index (κ2) is 3.90. The Morgan fingerprint density at radius 1 is 1.50 bits per heavy atom. The largest absolute Gasteiger partial charge is 0.481 e. The highest BCUT2D eigenvalue weighted by Gasteiger charge is 2.26. The molecule has 0 aromatic rings. The Morgan fingerprint density at radius 3 is 2.33 bits per heavy atom. The van der Waals surface area contributed by atoms with Crippen LogP contribution in [0.5, 0.6) is 0 Å². The number of carboxylic acids is 1. The topological polar surface area (TPSA) is 40.5 Å². The zero-order chi connectivity index (χ0) is 9.14. The Bertz CT molecular complexity index is 164. The predicted octanol–water partition coefficient (Wildman–Crippen LogP) is 1.05. The molecule has 1 aliphatic rings. The number of hydrogen-bond donors (Lipinski definition) is 1. The molecule has 3 nitrogen and oxygen atoms in total. The van der Waals surface area contributed by atoms with E-state index in [1.165, 1.54) is 6.42 Å². The number of likely N-dealkylation sites (tertiary alicyclic amines) is 1. The first-order chi connectivity index (χ1) is 5.61. The summed E-state index contributed by atoms with van der Waals surface area (Å²) >= 11 is 0. The van der Waals surface area contributed by atoms with E-state index in [2.05, 4.69) is 4.90 Å². The highest BCUT2D eigenvalue weighted by molar-refractivity contribution is 5.70. The van der Waals surface area contributed by atoms with Crippen molar-refractivity contribution in [2.45, 2.75) is 20.3 Å². The highest BCUT2D eigenvalue weighted by atomic mass is 16.4. The van der Waals surface area contributed by atoms with Crippen molar-refractivity contribution in [1.29, 1.82) is 0 Å². The maximum Gasteiger partial charge on any atom is 0.308 e. The molecule has 0 amide bonds. The van der Waals surface area contributed by atoms with Gasteiger partial charge in [-0.1, -0.05) is 13.8 Å². The van der Waals surface area contributed by atoms with Crippen LogP contribution in [-0.4, -0.2) is 35.6 Å². The van der Waals surface area contributed by atoms with Crippen molar-refractivity contribution >= 4 is 5.97 Å². The SMILES string of the molecule is CC(C)[C@H](CN1CCC1)C(=O)O. The summed E-state index contributed by atoms with van der Waals surface area (Å²) in [6.07, 6.45) is 1.23. The third-order valence-electron chi connectivity index (χ3n) is 2.53. The first kappa shape index (κ1) is 9.52. The van der Waals surface area contributed by atoms with Crippen LogP contribution in [0.4, 0.5) is 0 Å². The molecule has 0 aromatic heterocycles. The van der Waals surface area contributed by atoms with Gasteiger partial charge in [0.2, 0.25) is 0 Å². The molecule has 0 aromatic carbocycles.